The lowest BCUT2D eigenvalue weighted by atomic mass is 10.0. The van der Waals surface area contributed by atoms with Crippen molar-refractivity contribution < 1.29 is 4.39 Å². The Hall–Kier alpha value is -3.67. The predicted octanol–water partition coefficient (Wildman–Crippen LogP) is 5.94. The number of nitrogen functional groups attached to an aromatic ring is 1. The van der Waals surface area contributed by atoms with Crippen LogP contribution in [0.5, 0.6) is 0 Å². The summed E-state index contributed by atoms with van der Waals surface area (Å²) < 4.78 is 19.2. The van der Waals surface area contributed by atoms with Crippen molar-refractivity contribution >= 4 is 17.0 Å². The van der Waals surface area contributed by atoms with Crippen LogP contribution < -0.4 is 5.73 Å². The fourth-order valence-electron chi connectivity index (χ4n) is 4.20. The number of allylic oxidation sites excluding steroid dienone is 4. The summed E-state index contributed by atoms with van der Waals surface area (Å²) in [7, 11) is 0. The number of hydrogen-bond donors (Lipinski definition) is 1. The first kappa shape index (κ1) is 20.2. The van der Waals surface area contributed by atoms with Crippen molar-refractivity contribution in [2.75, 3.05) is 5.73 Å². The van der Waals surface area contributed by atoms with Crippen LogP contribution in [0, 0.1) is 5.92 Å². The van der Waals surface area contributed by atoms with Gasteiger partial charge in [-0.3, -0.25) is 0 Å². The lowest BCUT2D eigenvalue weighted by Crippen LogP contribution is -2.27. The van der Waals surface area contributed by atoms with Crippen molar-refractivity contribution in [3.63, 3.8) is 0 Å². The van der Waals surface area contributed by atoms with E-state index in [0.717, 1.165) is 40.0 Å². The van der Waals surface area contributed by atoms with E-state index in [9.17, 15) is 0 Å². The lowest BCUT2D eigenvalue weighted by molar-refractivity contribution is 0.117. The van der Waals surface area contributed by atoms with Crippen molar-refractivity contribution in [1.29, 1.82) is 0 Å². The molecule has 2 aromatic carbocycles. The van der Waals surface area contributed by atoms with E-state index in [1.165, 1.54) is 4.68 Å². The van der Waals surface area contributed by atoms with Crippen LogP contribution in [0.15, 0.2) is 79.0 Å². The molecule has 2 N–H and O–H groups in total. The zero-order chi connectivity index (χ0) is 22.3. The average molecular weight is 428 g/mol. The summed E-state index contributed by atoms with van der Waals surface area (Å²) in [6.07, 6.45) is 9.01. The van der Waals surface area contributed by atoms with Gasteiger partial charge >= 0.3 is 0 Å². The minimum absolute atomic E-state index is 0.246. The molecule has 5 rings (SSSR count). The molecule has 0 amide bonds. The molecular weight excluding hydrogens is 401 g/mol. The van der Waals surface area contributed by atoms with E-state index in [-0.39, 0.29) is 6.42 Å². The van der Waals surface area contributed by atoms with Gasteiger partial charge in [0.15, 0.2) is 0 Å². The third-order valence-corrected chi connectivity index (χ3v) is 5.78. The molecule has 0 bridgehead atoms. The third kappa shape index (κ3) is 3.51. The maximum Gasteiger partial charge on any atom is 0.223 e. The quantitative estimate of drug-likeness (QED) is 0.428. The summed E-state index contributed by atoms with van der Waals surface area (Å²) in [4.78, 5) is 4.51. The number of imidazole rings is 1. The minimum atomic E-state index is -1.69. The molecule has 162 valence electrons. The van der Waals surface area contributed by atoms with E-state index in [2.05, 4.69) is 24.9 Å². The summed E-state index contributed by atoms with van der Waals surface area (Å²) in [6, 6.07) is 15.9. The molecule has 4 aromatic rings. The van der Waals surface area contributed by atoms with Crippen molar-refractivity contribution in [1.82, 2.24) is 19.3 Å². The molecule has 5 nitrogen and oxygen atoms in total. The van der Waals surface area contributed by atoms with Gasteiger partial charge in [0.2, 0.25) is 11.7 Å². The van der Waals surface area contributed by atoms with Crippen LogP contribution in [-0.2, 0) is 12.3 Å². The van der Waals surface area contributed by atoms with E-state index in [1.54, 1.807) is 18.3 Å². The molecule has 0 radical (unpaired) electrons. The van der Waals surface area contributed by atoms with Gasteiger partial charge in [0.1, 0.15) is 5.69 Å². The molecule has 0 saturated heterocycles. The second-order valence-electron chi connectivity index (χ2n) is 8.69. The number of fused-ring (bicyclic) bond motifs is 1. The maximum atomic E-state index is 15.7. The third-order valence-electron chi connectivity index (χ3n) is 5.78. The highest BCUT2D eigenvalue weighted by molar-refractivity contribution is 5.88. The van der Waals surface area contributed by atoms with Gasteiger partial charge in [0.25, 0.3) is 0 Å². The predicted molar refractivity (Wildman–Crippen MR) is 128 cm³/mol. The van der Waals surface area contributed by atoms with Crippen molar-refractivity contribution in [3.05, 3.63) is 79.0 Å². The number of nitrogens with two attached hydrogens (primary N) is 1. The minimum Gasteiger partial charge on any atom is -0.369 e. The molecule has 0 saturated carbocycles. The highest BCUT2D eigenvalue weighted by atomic mass is 19.1. The first-order chi connectivity index (χ1) is 15.4. The summed E-state index contributed by atoms with van der Waals surface area (Å²) >= 11 is 0. The number of rotatable bonds is 5. The van der Waals surface area contributed by atoms with E-state index in [1.807, 2.05) is 59.2 Å². The molecule has 2 heterocycles. The zero-order valence-electron chi connectivity index (χ0n) is 18.2. The largest absolute Gasteiger partial charge is 0.369 e. The molecule has 1 unspecified atom stereocenters. The molecule has 1 aliphatic carbocycles. The highest BCUT2D eigenvalue weighted by Gasteiger charge is 2.31. The Labute approximate surface area is 186 Å². The number of halogens is 1. The van der Waals surface area contributed by atoms with Gasteiger partial charge in [-0.2, -0.15) is 5.10 Å². The van der Waals surface area contributed by atoms with Gasteiger partial charge in [0, 0.05) is 30.3 Å². The van der Waals surface area contributed by atoms with E-state index >= 15 is 4.39 Å². The molecule has 2 aromatic heterocycles. The Morgan fingerprint density at radius 1 is 1.09 bits per heavy atom. The summed E-state index contributed by atoms with van der Waals surface area (Å²) in [5, 5.41) is 4.72. The van der Waals surface area contributed by atoms with Crippen LogP contribution in [0.3, 0.4) is 0 Å². The highest BCUT2D eigenvalue weighted by Crippen LogP contribution is 2.37. The van der Waals surface area contributed by atoms with Crippen molar-refractivity contribution in [3.8, 4) is 22.4 Å². The summed E-state index contributed by atoms with van der Waals surface area (Å²) in [5.41, 5.74) is 11.5. The number of nitrogens with zero attached hydrogens (tertiary/aromatic N) is 4. The number of benzene rings is 2. The molecule has 1 aliphatic rings. The molecule has 0 fully saturated rings. The number of anilines is 1. The SMILES string of the molecule is CC(C)Cn1c(N)nc2ccc(-c3cn(C4(F)C=CC=CC4)nc3-c3ccccc3)cc21. The van der Waals surface area contributed by atoms with Gasteiger partial charge < -0.3 is 10.3 Å². The number of aromatic nitrogens is 4. The molecule has 0 aliphatic heterocycles. The molecule has 32 heavy (non-hydrogen) atoms. The monoisotopic (exact) mass is 427 g/mol. The number of alkyl halides is 1. The smallest absolute Gasteiger partial charge is 0.223 e. The van der Waals surface area contributed by atoms with Gasteiger partial charge in [0.05, 0.1) is 11.0 Å². The first-order valence-electron chi connectivity index (χ1n) is 10.9. The van der Waals surface area contributed by atoms with Gasteiger partial charge in [-0.25, -0.2) is 14.1 Å². The second kappa shape index (κ2) is 7.79. The van der Waals surface area contributed by atoms with Gasteiger partial charge in [-0.15, -0.1) is 0 Å². The fourth-order valence-corrected chi connectivity index (χ4v) is 4.20. The van der Waals surface area contributed by atoms with E-state index in [4.69, 9.17) is 10.8 Å². The maximum absolute atomic E-state index is 15.7. The van der Waals surface area contributed by atoms with Crippen LogP contribution in [0.2, 0.25) is 0 Å². The zero-order valence-corrected chi connectivity index (χ0v) is 18.2. The Morgan fingerprint density at radius 3 is 2.62 bits per heavy atom. The molecule has 6 heteroatoms. The fraction of sp³-hybridized carbons (Fsp3) is 0.231. The topological polar surface area (TPSA) is 61.7 Å². The van der Waals surface area contributed by atoms with Crippen molar-refractivity contribution in [2.45, 2.75) is 32.6 Å². The van der Waals surface area contributed by atoms with Crippen molar-refractivity contribution in [2.24, 2.45) is 5.92 Å². The summed E-state index contributed by atoms with van der Waals surface area (Å²) in [5.74, 6) is -0.755. The molecule has 0 spiro atoms. The van der Waals surface area contributed by atoms with Gasteiger partial charge in [-0.05, 0) is 29.7 Å². The number of hydrogen-bond acceptors (Lipinski definition) is 3. The van der Waals surface area contributed by atoms with E-state index in [0.29, 0.717) is 11.9 Å². The van der Waals surface area contributed by atoms with Crippen LogP contribution in [0.4, 0.5) is 10.3 Å². The van der Waals surface area contributed by atoms with Crippen LogP contribution in [0.25, 0.3) is 33.4 Å². The van der Waals surface area contributed by atoms with Crippen LogP contribution in [-0.4, -0.2) is 19.3 Å². The Morgan fingerprint density at radius 2 is 1.91 bits per heavy atom. The van der Waals surface area contributed by atoms with Crippen LogP contribution >= 0.6 is 0 Å². The molecule has 1 atom stereocenters. The van der Waals surface area contributed by atoms with E-state index < -0.39 is 5.79 Å². The van der Waals surface area contributed by atoms with Crippen LogP contribution in [0.1, 0.15) is 20.3 Å². The second-order valence-corrected chi connectivity index (χ2v) is 8.69. The Bertz CT molecular complexity index is 1330. The average Bonchev–Trinajstić information content (AvgIpc) is 3.37. The Balaban J connectivity index is 1.69. The normalized spacial score (nSPS) is 18.1. The first-order valence-corrected chi connectivity index (χ1v) is 10.9. The summed E-state index contributed by atoms with van der Waals surface area (Å²) in [6.45, 7) is 5.08. The Kier molecular flexibility index (Phi) is 4.93. The molecular formula is C26H26FN5. The standard InChI is InChI=1S/C26H26FN5/c1-18(2)16-31-23-15-20(11-12-22(23)29-25(31)28)21-17-32(26(27)13-7-4-8-14-26)30-24(21)19-9-5-3-6-10-19/h3-13,15,17-18H,14,16H2,1-2H3,(H2,28,29). The van der Waals surface area contributed by atoms with Gasteiger partial charge in [-0.1, -0.05) is 68.5 Å². The lowest BCUT2D eigenvalue weighted by Gasteiger charge is -2.22.